The summed E-state index contributed by atoms with van der Waals surface area (Å²) in [5, 5.41) is 6.98. The summed E-state index contributed by atoms with van der Waals surface area (Å²) >= 11 is 0. The van der Waals surface area contributed by atoms with Gasteiger partial charge in [0, 0.05) is 25.4 Å². The molecule has 0 bridgehead atoms. The van der Waals surface area contributed by atoms with E-state index in [0.717, 1.165) is 19.1 Å². The van der Waals surface area contributed by atoms with Gasteiger partial charge < -0.3 is 16.6 Å². The van der Waals surface area contributed by atoms with E-state index in [0.29, 0.717) is 18.7 Å². The van der Waals surface area contributed by atoms with Crippen LogP contribution in [0.4, 0.5) is 4.39 Å². The van der Waals surface area contributed by atoms with Crippen molar-refractivity contribution in [2.24, 2.45) is 5.73 Å². The topological polar surface area (TPSA) is 73.9 Å². The van der Waals surface area contributed by atoms with Gasteiger partial charge in [-0.15, -0.1) is 0 Å². The molecule has 16 heavy (non-hydrogen) atoms. The molecule has 0 saturated heterocycles. The molecule has 0 amide bonds. The zero-order valence-corrected chi connectivity index (χ0v) is 9.09. The monoisotopic (exact) mass is 224 g/mol. The first kappa shape index (κ1) is 12.4. The van der Waals surface area contributed by atoms with Gasteiger partial charge in [-0.3, -0.25) is 0 Å². The summed E-state index contributed by atoms with van der Waals surface area (Å²) in [4.78, 5) is 0. The van der Waals surface area contributed by atoms with E-state index in [2.05, 4.69) is 10.9 Å². The lowest BCUT2D eigenvalue weighted by Gasteiger charge is -2.12. The fraction of sp³-hybridized carbons (Fsp3) is 0.364. The largest absolute Gasteiger partial charge is 0.403 e. The molecule has 88 valence electrons. The number of hydrazine groups is 1. The van der Waals surface area contributed by atoms with Gasteiger partial charge in [0.25, 0.3) is 0 Å². The average Bonchev–Trinajstić information content (AvgIpc) is 2.32. The van der Waals surface area contributed by atoms with Gasteiger partial charge in [-0.1, -0.05) is 11.6 Å². The first-order valence-electron chi connectivity index (χ1n) is 5.21. The molecule has 5 heteroatoms. The van der Waals surface area contributed by atoms with E-state index in [-0.39, 0.29) is 5.83 Å². The number of hydrogen-bond donors (Lipinski definition) is 4. The van der Waals surface area contributed by atoms with Crippen molar-refractivity contribution in [2.45, 2.75) is 19.3 Å². The quantitative estimate of drug-likeness (QED) is 0.314. The van der Waals surface area contributed by atoms with Crippen LogP contribution < -0.4 is 16.6 Å². The minimum atomic E-state index is -0.0491. The molecule has 4 nitrogen and oxygen atoms in total. The van der Waals surface area contributed by atoms with Crippen molar-refractivity contribution in [2.75, 3.05) is 6.54 Å². The van der Waals surface area contributed by atoms with Gasteiger partial charge in [-0.2, -0.15) is 0 Å². The number of hydrogen-bond acceptors (Lipinski definition) is 4. The van der Waals surface area contributed by atoms with E-state index in [4.69, 9.17) is 11.1 Å². The molecule has 0 spiro atoms. The van der Waals surface area contributed by atoms with Crippen molar-refractivity contribution >= 4 is 6.21 Å². The molecule has 0 aliphatic heterocycles. The highest BCUT2D eigenvalue weighted by Gasteiger charge is 2.04. The number of allylic oxidation sites excluding steroid dienone is 4. The summed E-state index contributed by atoms with van der Waals surface area (Å²) in [5.41, 5.74) is 12.7. The minimum Gasteiger partial charge on any atom is -0.403 e. The van der Waals surface area contributed by atoms with Gasteiger partial charge >= 0.3 is 0 Å². The highest BCUT2D eigenvalue weighted by atomic mass is 19.1. The van der Waals surface area contributed by atoms with Crippen molar-refractivity contribution < 1.29 is 4.39 Å². The molecule has 0 heterocycles. The molecule has 0 fully saturated rings. The van der Waals surface area contributed by atoms with Crippen molar-refractivity contribution in [3.05, 3.63) is 35.4 Å². The number of halogens is 1. The van der Waals surface area contributed by atoms with E-state index in [9.17, 15) is 4.39 Å². The number of nitrogens with two attached hydrogens (primary N) is 1. The third kappa shape index (κ3) is 4.27. The Morgan fingerprint density at radius 1 is 1.50 bits per heavy atom. The Kier molecular flexibility index (Phi) is 5.28. The first-order chi connectivity index (χ1) is 7.76. The highest BCUT2D eigenvalue weighted by Crippen LogP contribution is 2.20. The van der Waals surface area contributed by atoms with Crippen LogP contribution in [-0.2, 0) is 0 Å². The second kappa shape index (κ2) is 6.79. The van der Waals surface area contributed by atoms with Gasteiger partial charge in [-0.25, -0.2) is 9.82 Å². The summed E-state index contributed by atoms with van der Waals surface area (Å²) in [7, 11) is 0. The predicted octanol–water partition coefficient (Wildman–Crippen LogP) is 1.49. The van der Waals surface area contributed by atoms with Crippen LogP contribution in [0.15, 0.2) is 35.4 Å². The first-order valence-corrected chi connectivity index (χ1v) is 5.21. The smallest absolute Gasteiger partial charge is 0.100 e. The van der Waals surface area contributed by atoms with E-state index in [1.807, 2.05) is 6.08 Å². The molecule has 0 aromatic carbocycles. The zero-order valence-electron chi connectivity index (χ0n) is 9.09. The second-order valence-corrected chi connectivity index (χ2v) is 3.51. The van der Waals surface area contributed by atoms with Crippen LogP contribution in [0.2, 0.25) is 0 Å². The van der Waals surface area contributed by atoms with Crippen LogP contribution in [0.25, 0.3) is 0 Å². The molecule has 0 unspecified atom stereocenters. The number of rotatable bonds is 6. The minimum absolute atomic E-state index is 0.0491. The van der Waals surface area contributed by atoms with E-state index >= 15 is 0 Å². The van der Waals surface area contributed by atoms with Crippen molar-refractivity contribution in [1.29, 1.82) is 5.41 Å². The van der Waals surface area contributed by atoms with Gasteiger partial charge in [0.05, 0.1) is 5.70 Å². The molecule has 0 radical (unpaired) electrons. The third-order valence-corrected chi connectivity index (χ3v) is 2.32. The maximum absolute atomic E-state index is 12.7. The third-order valence-electron chi connectivity index (χ3n) is 2.32. The lowest BCUT2D eigenvalue weighted by atomic mass is 10.0. The van der Waals surface area contributed by atoms with Gasteiger partial charge in [0.15, 0.2) is 0 Å². The van der Waals surface area contributed by atoms with Gasteiger partial charge in [0.1, 0.15) is 5.83 Å². The SMILES string of the molecule is N=C/C(=C\N)NNCCC1=CC=C(F)CC1. The van der Waals surface area contributed by atoms with Crippen LogP contribution in [-0.4, -0.2) is 12.8 Å². The average molecular weight is 224 g/mol. The Bertz CT molecular complexity index is 331. The Labute approximate surface area is 94.6 Å². The molecule has 0 aromatic rings. The van der Waals surface area contributed by atoms with Crippen LogP contribution in [0.3, 0.4) is 0 Å². The molecule has 1 rings (SSSR count). The molecule has 5 N–H and O–H groups in total. The maximum Gasteiger partial charge on any atom is 0.100 e. The highest BCUT2D eigenvalue weighted by molar-refractivity contribution is 5.74. The van der Waals surface area contributed by atoms with Crippen LogP contribution in [0, 0.1) is 5.41 Å². The standard InChI is InChI=1S/C11H17FN4/c12-10-3-1-9(2-4-10)5-6-15-16-11(7-13)8-14/h1,3,7-8,13,15-16H,2,4-6,14H2/b11-8+,13-7?. The Balaban J connectivity index is 2.19. The molecule has 0 saturated carbocycles. The van der Waals surface area contributed by atoms with Gasteiger partial charge in [-0.05, 0) is 18.9 Å². The molecule has 0 atom stereocenters. The lowest BCUT2D eigenvalue weighted by molar-refractivity contribution is 0.565. The molecule has 1 aliphatic rings. The predicted molar refractivity (Wildman–Crippen MR) is 63.3 cm³/mol. The van der Waals surface area contributed by atoms with Crippen LogP contribution in [0.5, 0.6) is 0 Å². The summed E-state index contributed by atoms with van der Waals surface area (Å²) in [6.07, 6.45) is 7.95. The Hall–Kier alpha value is -1.62. The Morgan fingerprint density at radius 2 is 2.31 bits per heavy atom. The fourth-order valence-corrected chi connectivity index (χ4v) is 1.38. The summed E-state index contributed by atoms with van der Waals surface area (Å²) < 4.78 is 12.7. The van der Waals surface area contributed by atoms with Crippen molar-refractivity contribution in [3.8, 4) is 0 Å². The van der Waals surface area contributed by atoms with Crippen molar-refractivity contribution in [1.82, 2.24) is 10.9 Å². The summed E-state index contributed by atoms with van der Waals surface area (Å²) in [6.45, 7) is 0.715. The fourth-order valence-electron chi connectivity index (χ4n) is 1.38. The normalized spacial score (nSPS) is 16.4. The number of nitrogens with one attached hydrogen (secondary N) is 3. The van der Waals surface area contributed by atoms with E-state index in [1.54, 1.807) is 0 Å². The summed E-state index contributed by atoms with van der Waals surface area (Å²) in [6, 6.07) is 0. The second-order valence-electron chi connectivity index (χ2n) is 3.51. The van der Waals surface area contributed by atoms with E-state index < -0.39 is 0 Å². The van der Waals surface area contributed by atoms with Crippen LogP contribution in [0.1, 0.15) is 19.3 Å². The zero-order chi connectivity index (χ0) is 11.8. The van der Waals surface area contributed by atoms with Crippen molar-refractivity contribution in [3.63, 3.8) is 0 Å². The molecular weight excluding hydrogens is 207 g/mol. The lowest BCUT2D eigenvalue weighted by Crippen LogP contribution is -2.33. The maximum atomic E-state index is 12.7. The Morgan fingerprint density at radius 3 is 2.88 bits per heavy atom. The summed E-state index contributed by atoms with van der Waals surface area (Å²) in [5.74, 6) is -0.0491. The molecule has 1 aliphatic carbocycles. The molecular formula is C11H17FN4. The van der Waals surface area contributed by atoms with Gasteiger partial charge in [0.2, 0.25) is 0 Å². The van der Waals surface area contributed by atoms with E-state index in [1.165, 1.54) is 17.8 Å². The van der Waals surface area contributed by atoms with Crippen LogP contribution >= 0.6 is 0 Å². The molecule has 0 aromatic heterocycles.